The maximum Gasteiger partial charge on any atom is 0.0908 e. The van der Waals surface area contributed by atoms with E-state index in [9.17, 15) is 0 Å². The molecule has 0 aliphatic rings. The molecule has 1 radical (unpaired) electrons. The van der Waals surface area contributed by atoms with Gasteiger partial charge in [0, 0.05) is 9.79 Å². The van der Waals surface area contributed by atoms with E-state index in [-0.39, 0.29) is 0 Å². The first-order valence-electron chi connectivity index (χ1n) is 5.81. The van der Waals surface area contributed by atoms with Gasteiger partial charge < -0.3 is 0 Å². The van der Waals surface area contributed by atoms with Gasteiger partial charge in [-0.2, -0.15) is 0 Å². The van der Waals surface area contributed by atoms with Crippen LogP contribution in [0.25, 0.3) is 0 Å². The summed E-state index contributed by atoms with van der Waals surface area (Å²) in [6.07, 6.45) is 0. The summed E-state index contributed by atoms with van der Waals surface area (Å²) in [5.74, 6) is 0. The molecule has 0 fully saturated rings. The monoisotopic (exact) mass is 255 g/mol. The Balaban J connectivity index is 2.32. The van der Waals surface area contributed by atoms with Crippen LogP contribution in [0.3, 0.4) is 0 Å². The van der Waals surface area contributed by atoms with Gasteiger partial charge in [-0.3, -0.25) is 0 Å². The van der Waals surface area contributed by atoms with Gasteiger partial charge in [0.15, 0.2) is 0 Å². The van der Waals surface area contributed by atoms with Crippen molar-refractivity contribution in [3.8, 4) is 0 Å². The number of benzene rings is 2. The van der Waals surface area contributed by atoms with Crippen molar-refractivity contribution in [3.05, 3.63) is 53.1 Å². The molecule has 0 spiro atoms. The normalized spacial score (nSPS) is 10.4. The standard InChI is InChI=1S/C15H15N2S/c1-10-4-6-13(7-5-10)18-15-9-11(2)14(17-16)8-12(15)3/h4-9H,1-3H3. The Kier molecular flexibility index (Phi) is 3.82. The summed E-state index contributed by atoms with van der Waals surface area (Å²) in [7, 11) is 0. The molecule has 2 aromatic carbocycles. The van der Waals surface area contributed by atoms with E-state index in [0.717, 1.165) is 11.1 Å². The Morgan fingerprint density at radius 3 is 2.22 bits per heavy atom. The van der Waals surface area contributed by atoms with E-state index in [1.165, 1.54) is 15.4 Å². The molecule has 0 bridgehead atoms. The molecule has 91 valence electrons. The van der Waals surface area contributed by atoms with E-state index in [0.29, 0.717) is 5.69 Å². The number of aryl methyl sites for hydroxylation is 3. The van der Waals surface area contributed by atoms with Crippen molar-refractivity contribution >= 4 is 17.4 Å². The zero-order chi connectivity index (χ0) is 13.1. The lowest BCUT2D eigenvalue weighted by molar-refractivity contribution is 1.20. The molecule has 2 rings (SSSR count). The van der Waals surface area contributed by atoms with Crippen molar-refractivity contribution in [2.75, 3.05) is 0 Å². The quantitative estimate of drug-likeness (QED) is 0.735. The molecule has 2 nitrogen and oxygen atoms in total. The summed E-state index contributed by atoms with van der Waals surface area (Å²) in [5.41, 5.74) is 12.9. The summed E-state index contributed by atoms with van der Waals surface area (Å²) in [6, 6.07) is 12.4. The Bertz CT molecular complexity index is 574. The van der Waals surface area contributed by atoms with Crippen LogP contribution < -0.4 is 5.53 Å². The largest absolute Gasteiger partial charge is 0.129 e. The highest BCUT2D eigenvalue weighted by Crippen LogP contribution is 2.34. The Morgan fingerprint density at radius 2 is 1.61 bits per heavy atom. The lowest BCUT2D eigenvalue weighted by atomic mass is 10.1. The van der Waals surface area contributed by atoms with Crippen molar-refractivity contribution < 1.29 is 0 Å². The summed E-state index contributed by atoms with van der Waals surface area (Å²) in [4.78, 5) is 2.42. The zero-order valence-electron chi connectivity index (χ0n) is 10.8. The van der Waals surface area contributed by atoms with E-state index in [1.807, 2.05) is 19.9 Å². The molecule has 0 aromatic heterocycles. The van der Waals surface area contributed by atoms with Gasteiger partial charge in [0.2, 0.25) is 0 Å². The van der Waals surface area contributed by atoms with Crippen LogP contribution in [0.1, 0.15) is 16.7 Å². The number of hydrogen-bond acceptors (Lipinski definition) is 2. The van der Waals surface area contributed by atoms with Crippen LogP contribution in [0.5, 0.6) is 0 Å². The molecule has 0 heterocycles. The zero-order valence-corrected chi connectivity index (χ0v) is 11.6. The second-order valence-corrected chi connectivity index (χ2v) is 5.53. The average Bonchev–Trinajstić information content (AvgIpc) is 2.36. The fourth-order valence-electron chi connectivity index (χ4n) is 1.73. The molecule has 0 unspecified atom stereocenters. The average molecular weight is 255 g/mol. The molecular weight excluding hydrogens is 240 g/mol. The number of rotatable bonds is 3. The predicted octanol–water partition coefficient (Wildman–Crippen LogP) is 4.65. The van der Waals surface area contributed by atoms with Crippen LogP contribution in [-0.4, -0.2) is 0 Å². The maximum absolute atomic E-state index is 8.87. The minimum Gasteiger partial charge on any atom is -0.129 e. The highest BCUT2D eigenvalue weighted by atomic mass is 32.2. The summed E-state index contributed by atoms with van der Waals surface area (Å²) in [6.45, 7) is 6.07. The first kappa shape index (κ1) is 12.8. The topological polar surface area (TPSA) is 34.7 Å². The van der Waals surface area contributed by atoms with Gasteiger partial charge in [0.1, 0.15) is 0 Å². The van der Waals surface area contributed by atoms with Crippen LogP contribution in [0.15, 0.2) is 51.3 Å². The Hall–Kier alpha value is -1.61. The molecule has 2 aromatic rings. The third kappa shape index (κ3) is 2.79. The van der Waals surface area contributed by atoms with Crippen LogP contribution in [0.2, 0.25) is 0 Å². The van der Waals surface area contributed by atoms with E-state index in [4.69, 9.17) is 5.53 Å². The molecule has 18 heavy (non-hydrogen) atoms. The fraction of sp³-hybridized carbons (Fsp3) is 0.200. The van der Waals surface area contributed by atoms with Crippen LogP contribution in [0.4, 0.5) is 5.69 Å². The van der Waals surface area contributed by atoms with Gasteiger partial charge in [0.05, 0.1) is 5.69 Å². The van der Waals surface area contributed by atoms with Gasteiger partial charge in [-0.25, -0.2) is 0 Å². The van der Waals surface area contributed by atoms with Crippen molar-refractivity contribution in [1.82, 2.24) is 5.53 Å². The predicted molar refractivity (Wildman–Crippen MR) is 75.4 cm³/mol. The van der Waals surface area contributed by atoms with Gasteiger partial charge in [-0.05, 0) is 61.7 Å². The maximum atomic E-state index is 8.87. The van der Waals surface area contributed by atoms with Gasteiger partial charge >= 0.3 is 0 Å². The SMILES string of the molecule is Cc1ccc(Sc2cc(C)c(N=[N])cc2C)cc1. The van der Waals surface area contributed by atoms with Crippen molar-refractivity contribution in [1.29, 1.82) is 0 Å². The minimum absolute atomic E-state index is 0.640. The molecule has 0 saturated carbocycles. The lowest BCUT2D eigenvalue weighted by Crippen LogP contribution is -1.84. The van der Waals surface area contributed by atoms with Gasteiger partial charge in [0.25, 0.3) is 0 Å². The van der Waals surface area contributed by atoms with E-state index < -0.39 is 0 Å². The second kappa shape index (κ2) is 5.36. The van der Waals surface area contributed by atoms with Crippen LogP contribution >= 0.6 is 11.8 Å². The first-order valence-corrected chi connectivity index (χ1v) is 6.62. The summed E-state index contributed by atoms with van der Waals surface area (Å²) in [5, 5.41) is 3.28. The molecule has 0 amide bonds. The van der Waals surface area contributed by atoms with Crippen molar-refractivity contribution in [2.24, 2.45) is 5.11 Å². The summed E-state index contributed by atoms with van der Waals surface area (Å²) < 4.78 is 0. The number of hydrogen-bond donors (Lipinski definition) is 0. The fourth-order valence-corrected chi connectivity index (χ4v) is 2.71. The number of nitrogens with zero attached hydrogens (tertiary/aromatic N) is 2. The highest BCUT2D eigenvalue weighted by Gasteiger charge is 2.06. The minimum atomic E-state index is 0.640. The smallest absolute Gasteiger partial charge is 0.0908 e. The lowest BCUT2D eigenvalue weighted by Gasteiger charge is -2.08. The molecule has 0 aliphatic carbocycles. The molecule has 0 atom stereocenters. The van der Waals surface area contributed by atoms with Crippen LogP contribution in [0, 0.1) is 20.8 Å². The third-order valence-electron chi connectivity index (χ3n) is 2.85. The molecule has 0 aliphatic heterocycles. The Labute approximate surface area is 112 Å². The molecule has 0 N–H and O–H groups in total. The molecular formula is C15H15N2S. The van der Waals surface area contributed by atoms with E-state index >= 15 is 0 Å². The second-order valence-electron chi connectivity index (χ2n) is 4.42. The van der Waals surface area contributed by atoms with Crippen molar-refractivity contribution in [3.63, 3.8) is 0 Å². The third-order valence-corrected chi connectivity index (χ3v) is 4.02. The highest BCUT2D eigenvalue weighted by molar-refractivity contribution is 7.99. The van der Waals surface area contributed by atoms with Gasteiger partial charge in [-0.1, -0.05) is 29.5 Å². The van der Waals surface area contributed by atoms with E-state index in [2.05, 4.69) is 42.4 Å². The molecule has 0 saturated heterocycles. The summed E-state index contributed by atoms with van der Waals surface area (Å²) >= 11 is 1.73. The van der Waals surface area contributed by atoms with Crippen molar-refractivity contribution in [2.45, 2.75) is 30.6 Å². The van der Waals surface area contributed by atoms with Crippen LogP contribution in [-0.2, 0) is 0 Å². The first-order chi connectivity index (χ1) is 8.60. The van der Waals surface area contributed by atoms with Gasteiger partial charge in [-0.15, -0.1) is 5.11 Å². The Morgan fingerprint density at radius 1 is 0.944 bits per heavy atom. The van der Waals surface area contributed by atoms with E-state index in [1.54, 1.807) is 11.8 Å². The molecule has 3 heteroatoms.